The van der Waals surface area contributed by atoms with Crippen LogP contribution in [0.5, 0.6) is 0 Å². The van der Waals surface area contributed by atoms with Gasteiger partial charge in [0.25, 0.3) is 5.91 Å². The normalized spacial score (nSPS) is 12.6. The molecule has 0 aliphatic heterocycles. The molecule has 0 fully saturated rings. The minimum atomic E-state index is -3.75. The molecule has 0 saturated heterocycles. The molecule has 2 aromatic carbocycles. The highest BCUT2D eigenvalue weighted by Crippen LogP contribution is 2.20. The zero-order chi connectivity index (χ0) is 16.9. The summed E-state index contributed by atoms with van der Waals surface area (Å²) in [6, 6.07) is 14.8. The van der Waals surface area contributed by atoms with Gasteiger partial charge in [0.2, 0.25) is 10.0 Å². The molecular weight excluding hydrogens is 316 g/mol. The van der Waals surface area contributed by atoms with Gasteiger partial charge >= 0.3 is 0 Å². The fourth-order valence-electron chi connectivity index (χ4n) is 2.05. The van der Waals surface area contributed by atoms with Crippen LogP contribution in [0.25, 0.3) is 0 Å². The van der Waals surface area contributed by atoms with Gasteiger partial charge < -0.3 is 10.1 Å². The Morgan fingerprint density at radius 1 is 1.13 bits per heavy atom. The lowest BCUT2D eigenvalue weighted by molar-refractivity contribution is -0.127. The van der Waals surface area contributed by atoms with Crippen LogP contribution in [0, 0.1) is 0 Å². The van der Waals surface area contributed by atoms with Crippen LogP contribution < -0.4 is 10.5 Å². The van der Waals surface area contributed by atoms with E-state index in [1.807, 2.05) is 37.3 Å². The predicted molar refractivity (Wildman–Crippen MR) is 87.3 cm³/mol. The lowest BCUT2D eigenvalue weighted by Crippen LogP contribution is -2.23. The van der Waals surface area contributed by atoms with Crippen molar-refractivity contribution in [3.63, 3.8) is 0 Å². The van der Waals surface area contributed by atoms with Crippen molar-refractivity contribution in [2.45, 2.75) is 17.9 Å². The van der Waals surface area contributed by atoms with Gasteiger partial charge in [0.05, 0.1) is 4.90 Å². The number of carbonyl (C=O) groups excluding carboxylic acids is 1. The van der Waals surface area contributed by atoms with E-state index in [4.69, 9.17) is 9.88 Å². The van der Waals surface area contributed by atoms with Gasteiger partial charge in [0.1, 0.15) is 0 Å². The SMILES string of the molecule is CCO[C@H](C(=O)Nc1ccc(S(N)(=O)=O)cc1)c1ccccc1. The van der Waals surface area contributed by atoms with Crippen molar-refractivity contribution in [3.05, 3.63) is 60.2 Å². The largest absolute Gasteiger partial charge is 0.364 e. The van der Waals surface area contributed by atoms with E-state index < -0.39 is 16.1 Å². The topological polar surface area (TPSA) is 98.5 Å². The molecular formula is C16H18N2O4S. The predicted octanol–water partition coefficient (Wildman–Crippen LogP) is 2.05. The number of ether oxygens (including phenoxy) is 1. The van der Waals surface area contributed by atoms with E-state index >= 15 is 0 Å². The molecule has 0 aliphatic carbocycles. The maximum absolute atomic E-state index is 12.4. The molecule has 0 bridgehead atoms. The third-order valence-electron chi connectivity index (χ3n) is 3.12. The number of primary sulfonamides is 1. The number of hydrogen-bond acceptors (Lipinski definition) is 4. The lowest BCUT2D eigenvalue weighted by Gasteiger charge is -2.17. The monoisotopic (exact) mass is 334 g/mol. The Hall–Kier alpha value is -2.22. The fraction of sp³-hybridized carbons (Fsp3) is 0.188. The summed E-state index contributed by atoms with van der Waals surface area (Å²) in [4.78, 5) is 12.4. The van der Waals surface area contributed by atoms with Crippen molar-refractivity contribution < 1.29 is 17.9 Å². The summed E-state index contributed by atoms with van der Waals surface area (Å²) >= 11 is 0. The first-order valence-corrected chi connectivity index (χ1v) is 8.56. The van der Waals surface area contributed by atoms with Crippen LogP contribution >= 0.6 is 0 Å². The van der Waals surface area contributed by atoms with Crippen LogP contribution in [-0.4, -0.2) is 20.9 Å². The van der Waals surface area contributed by atoms with Crippen molar-refractivity contribution in [2.24, 2.45) is 5.14 Å². The van der Waals surface area contributed by atoms with Gasteiger partial charge in [-0.15, -0.1) is 0 Å². The summed E-state index contributed by atoms with van der Waals surface area (Å²) in [5.41, 5.74) is 1.20. The van der Waals surface area contributed by atoms with Crippen molar-refractivity contribution in [2.75, 3.05) is 11.9 Å². The van der Waals surface area contributed by atoms with Crippen molar-refractivity contribution in [1.29, 1.82) is 0 Å². The van der Waals surface area contributed by atoms with Gasteiger partial charge in [0, 0.05) is 12.3 Å². The summed E-state index contributed by atoms with van der Waals surface area (Å²) in [6.07, 6.45) is -0.737. The van der Waals surface area contributed by atoms with Crippen molar-refractivity contribution in [1.82, 2.24) is 0 Å². The number of anilines is 1. The number of hydrogen-bond donors (Lipinski definition) is 2. The molecule has 0 aliphatic rings. The molecule has 2 aromatic rings. The Morgan fingerprint density at radius 2 is 1.74 bits per heavy atom. The second-order valence-corrected chi connectivity index (χ2v) is 6.37. The molecule has 0 unspecified atom stereocenters. The van der Waals surface area contributed by atoms with Gasteiger partial charge in [-0.05, 0) is 36.8 Å². The van der Waals surface area contributed by atoms with Gasteiger partial charge in [-0.1, -0.05) is 30.3 Å². The molecule has 3 N–H and O–H groups in total. The third kappa shape index (κ3) is 4.62. The van der Waals surface area contributed by atoms with Crippen LogP contribution in [0.15, 0.2) is 59.5 Å². The summed E-state index contributed by atoms with van der Waals surface area (Å²) < 4.78 is 27.9. The molecule has 23 heavy (non-hydrogen) atoms. The Balaban J connectivity index is 2.16. The van der Waals surface area contributed by atoms with E-state index in [-0.39, 0.29) is 10.8 Å². The van der Waals surface area contributed by atoms with Gasteiger partial charge in [-0.3, -0.25) is 4.79 Å². The molecule has 1 atom stereocenters. The van der Waals surface area contributed by atoms with Gasteiger partial charge in [0.15, 0.2) is 6.10 Å². The molecule has 0 aromatic heterocycles. The van der Waals surface area contributed by atoms with Crippen LogP contribution in [0.4, 0.5) is 5.69 Å². The average molecular weight is 334 g/mol. The minimum absolute atomic E-state index is 0.0140. The van der Waals surface area contributed by atoms with Crippen LogP contribution in [-0.2, 0) is 19.6 Å². The smallest absolute Gasteiger partial charge is 0.258 e. The maximum atomic E-state index is 12.4. The van der Waals surface area contributed by atoms with E-state index in [0.717, 1.165) is 5.56 Å². The zero-order valence-electron chi connectivity index (χ0n) is 12.6. The summed E-state index contributed by atoms with van der Waals surface area (Å²) in [7, 11) is -3.75. The highest BCUT2D eigenvalue weighted by Gasteiger charge is 2.21. The number of carbonyl (C=O) groups is 1. The van der Waals surface area contributed by atoms with Crippen molar-refractivity contribution in [3.8, 4) is 0 Å². The number of amides is 1. The molecule has 1 amide bonds. The van der Waals surface area contributed by atoms with Crippen LogP contribution in [0.3, 0.4) is 0 Å². The molecule has 2 rings (SSSR count). The highest BCUT2D eigenvalue weighted by atomic mass is 32.2. The molecule has 7 heteroatoms. The Kier molecular flexibility index (Phi) is 5.49. The molecule has 122 valence electrons. The number of nitrogens with one attached hydrogen (secondary N) is 1. The maximum Gasteiger partial charge on any atom is 0.258 e. The molecule has 0 heterocycles. The second-order valence-electron chi connectivity index (χ2n) is 4.80. The van der Waals surface area contributed by atoms with Crippen molar-refractivity contribution >= 4 is 21.6 Å². The van der Waals surface area contributed by atoms with E-state index in [9.17, 15) is 13.2 Å². The van der Waals surface area contributed by atoms with Gasteiger partial charge in [-0.25, -0.2) is 13.6 Å². The quantitative estimate of drug-likeness (QED) is 0.844. The number of rotatable bonds is 6. The van der Waals surface area contributed by atoms with Gasteiger partial charge in [-0.2, -0.15) is 0 Å². The lowest BCUT2D eigenvalue weighted by atomic mass is 10.1. The highest BCUT2D eigenvalue weighted by molar-refractivity contribution is 7.89. The number of nitrogens with two attached hydrogens (primary N) is 1. The minimum Gasteiger partial charge on any atom is -0.364 e. The summed E-state index contributed by atoms with van der Waals surface area (Å²) in [5, 5.41) is 7.74. The average Bonchev–Trinajstić information content (AvgIpc) is 2.53. The molecule has 6 nitrogen and oxygen atoms in total. The molecule has 0 radical (unpaired) electrons. The van der Waals surface area contributed by atoms with E-state index in [1.54, 1.807) is 0 Å². The summed E-state index contributed by atoms with van der Waals surface area (Å²) in [6.45, 7) is 2.20. The number of benzene rings is 2. The fourth-order valence-corrected chi connectivity index (χ4v) is 2.57. The molecule has 0 spiro atoms. The Labute approximate surface area is 135 Å². The Bertz CT molecular complexity index is 758. The first-order valence-electron chi connectivity index (χ1n) is 7.02. The first kappa shape index (κ1) is 17.1. The second kappa shape index (κ2) is 7.36. The third-order valence-corrected chi connectivity index (χ3v) is 4.05. The van der Waals surface area contributed by atoms with E-state index in [0.29, 0.717) is 12.3 Å². The Morgan fingerprint density at radius 3 is 2.26 bits per heavy atom. The van der Waals surface area contributed by atoms with Crippen LogP contribution in [0.2, 0.25) is 0 Å². The van der Waals surface area contributed by atoms with Crippen LogP contribution in [0.1, 0.15) is 18.6 Å². The zero-order valence-corrected chi connectivity index (χ0v) is 13.4. The molecule has 0 saturated carbocycles. The summed E-state index contributed by atoms with van der Waals surface area (Å²) in [5.74, 6) is -0.332. The first-order chi connectivity index (χ1) is 10.9. The standard InChI is InChI=1S/C16H18N2O4S/c1-2-22-15(12-6-4-3-5-7-12)16(19)18-13-8-10-14(11-9-13)23(17,20)21/h3-11,15H,2H2,1H3,(H,18,19)(H2,17,20,21)/t15-/m0/s1. The van der Waals surface area contributed by atoms with E-state index in [2.05, 4.69) is 5.32 Å². The van der Waals surface area contributed by atoms with E-state index in [1.165, 1.54) is 24.3 Å². The number of sulfonamides is 1.